The van der Waals surface area contributed by atoms with Gasteiger partial charge in [0.2, 0.25) is 0 Å². The molecule has 6 nitrogen and oxygen atoms in total. The molecule has 0 saturated heterocycles. The number of rotatable bonds is 6. The average Bonchev–Trinajstić information content (AvgIpc) is 3.00. The number of methoxy groups -OCH3 is 1. The minimum Gasteiger partial charge on any atom is -0.497 e. The van der Waals surface area contributed by atoms with Gasteiger partial charge in [0, 0.05) is 13.1 Å². The number of hydrogen-bond acceptors (Lipinski definition) is 5. The van der Waals surface area contributed by atoms with Gasteiger partial charge in [-0.05, 0) is 23.6 Å². The zero-order chi connectivity index (χ0) is 15.9. The Morgan fingerprint density at radius 2 is 2.00 bits per heavy atom. The van der Waals surface area contributed by atoms with Gasteiger partial charge in [0.05, 0.1) is 12.7 Å². The lowest BCUT2D eigenvalue weighted by molar-refractivity contribution is -0.118. The van der Waals surface area contributed by atoms with Crippen molar-refractivity contribution in [3.8, 4) is 11.5 Å². The number of carbonyl (C=O) groups is 2. The van der Waals surface area contributed by atoms with E-state index in [-0.39, 0.29) is 18.4 Å². The standard InChI is InChI=1S/C15H16N2O4S/c1-16-14(19)12-6-7-22-15(12)17-13(18)9-21-11-5-3-4-10(8-11)20-2/h3-8H,9H2,1-2H3,(H,16,19)(H,17,18). The van der Waals surface area contributed by atoms with Gasteiger partial charge in [-0.25, -0.2) is 0 Å². The molecule has 1 heterocycles. The van der Waals surface area contributed by atoms with Gasteiger partial charge in [0.1, 0.15) is 16.5 Å². The molecule has 0 saturated carbocycles. The van der Waals surface area contributed by atoms with Crippen LogP contribution in [0, 0.1) is 0 Å². The first-order chi connectivity index (χ1) is 10.6. The van der Waals surface area contributed by atoms with Gasteiger partial charge in [-0.3, -0.25) is 9.59 Å². The Kier molecular flexibility index (Phi) is 5.37. The predicted octanol–water partition coefficient (Wildman–Crippen LogP) is 2.13. The molecule has 0 aliphatic rings. The van der Waals surface area contributed by atoms with Crippen molar-refractivity contribution in [1.82, 2.24) is 5.32 Å². The topological polar surface area (TPSA) is 76.7 Å². The normalized spacial score (nSPS) is 9.91. The molecule has 116 valence electrons. The van der Waals surface area contributed by atoms with E-state index in [2.05, 4.69) is 10.6 Å². The molecular weight excluding hydrogens is 304 g/mol. The highest BCUT2D eigenvalue weighted by atomic mass is 32.1. The Bertz CT molecular complexity index is 669. The minimum atomic E-state index is -0.338. The number of amides is 2. The molecule has 2 rings (SSSR count). The number of anilines is 1. The molecule has 1 aromatic carbocycles. The Labute approximate surface area is 132 Å². The number of thiophene rings is 1. The summed E-state index contributed by atoms with van der Waals surface area (Å²) in [5.74, 6) is 0.603. The highest BCUT2D eigenvalue weighted by Crippen LogP contribution is 2.23. The van der Waals surface area contributed by atoms with Gasteiger partial charge in [-0.2, -0.15) is 0 Å². The summed E-state index contributed by atoms with van der Waals surface area (Å²) in [7, 11) is 3.10. The van der Waals surface area contributed by atoms with Crippen LogP contribution in [0.2, 0.25) is 0 Å². The lowest BCUT2D eigenvalue weighted by atomic mass is 10.3. The van der Waals surface area contributed by atoms with E-state index in [9.17, 15) is 9.59 Å². The molecule has 0 spiro atoms. The van der Waals surface area contributed by atoms with E-state index in [0.717, 1.165) is 0 Å². The van der Waals surface area contributed by atoms with Crippen molar-refractivity contribution in [1.29, 1.82) is 0 Å². The van der Waals surface area contributed by atoms with Crippen LogP contribution in [0.25, 0.3) is 0 Å². The van der Waals surface area contributed by atoms with Crippen molar-refractivity contribution in [3.63, 3.8) is 0 Å². The second-order valence-electron chi connectivity index (χ2n) is 4.26. The molecule has 2 N–H and O–H groups in total. The highest BCUT2D eigenvalue weighted by Gasteiger charge is 2.14. The van der Waals surface area contributed by atoms with E-state index < -0.39 is 0 Å². The van der Waals surface area contributed by atoms with Crippen LogP contribution in [0.5, 0.6) is 11.5 Å². The Morgan fingerprint density at radius 3 is 2.73 bits per heavy atom. The van der Waals surface area contributed by atoms with Gasteiger partial charge < -0.3 is 20.1 Å². The van der Waals surface area contributed by atoms with Crippen LogP contribution in [0.4, 0.5) is 5.00 Å². The summed E-state index contributed by atoms with van der Waals surface area (Å²) < 4.78 is 10.5. The third-order valence-corrected chi connectivity index (χ3v) is 3.63. The largest absolute Gasteiger partial charge is 0.497 e. The molecule has 7 heteroatoms. The maximum absolute atomic E-state index is 11.9. The van der Waals surface area contributed by atoms with E-state index in [1.807, 2.05) is 0 Å². The van der Waals surface area contributed by atoms with Crippen LogP contribution in [0.3, 0.4) is 0 Å². The number of carbonyl (C=O) groups excluding carboxylic acids is 2. The van der Waals surface area contributed by atoms with E-state index in [0.29, 0.717) is 22.1 Å². The Morgan fingerprint density at radius 1 is 1.23 bits per heavy atom. The van der Waals surface area contributed by atoms with Crippen LogP contribution in [-0.2, 0) is 4.79 Å². The highest BCUT2D eigenvalue weighted by molar-refractivity contribution is 7.14. The summed E-state index contributed by atoms with van der Waals surface area (Å²) in [5, 5.41) is 7.43. The molecule has 1 aromatic heterocycles. The number of nitrogens with one attached hydrogen (secondary N) is 2. The van der Waals surface area contributed by atoms with E-state index >= 15 is 0 Å². The molecule has 0 radical (unpaired) electrons. The SMILES string of the molecule is CNC(=O)c1ccsc1NC(=O)COc1cccc(OC)c1. The van der Waals surface area contributed by atoms with Gasteiger partial charge >= 0.3 is 0 Å². The van der Waals surface area contributed by atoms with E-state index in [4.69, 9.17) is 9.47 Å². The first-order valence-electron chi connectivity index (χ1n) is 6.50. The van der Waals surface area contributed by atoms with Crippen molar-refractivity contribution >= 4 is 28.2 Å². The van der Waals surface area contributed by atoms with E-state index in [1.54, 1.807) is 42.8 Å². The summed E-state index contributed by atoms with van der Waals surface area (Å²) in [6.45, 7) is -0.155. The Hall–Kier alpha value is -2.54. The zero-order valence-electron chi connectivity index (χ0n) is 12.2. The molecule has 22 heavy (non-hydrogen) atoms. The lowest BCUT2D eigenvalue weighted by Crippen LogP contribution is -2.23. The molecule has 0 aliphatic carbocycles. The molecule has 0 atom stereocenters. The summed E-state index contributed by atoms with van der Waals surface area (Å²) in [4.78, 5) is 23.5. The van der Waals surface area contributed by atoms with Crippen molar-refractivity contribution in [3.05, 3.63) is 41.3 Å². The second kappa shape index (κ2) is 7.46. The smallest absolute Gasteiger partial charge is 0.262 e. The fourth-order valence-electron chi connectivity index (χ4n) is 1.72. The maximum Gasteiger partial charge on any atom is 0.262 e. The third kappa shape index (κ3) is 3.98. The van der Waals surface area contributed by atoms with Gasteiger partial charge in [-0.1, -0.05) is 6.07 Å². The minimum absolute atomic E-state index is 0.155. The second-order valence-corrected chi connectivity index (χ2v) is 5.17. The van der Waals surface area contributed by atoms with Crippen molar-refractivity contribution < 1.29 is 19.1 Å². The van der Waals surface area contributed by atoms with Crippen molar-refractivity contribution in [2.75, 3.05) is 26.1 Å². The van der Waals surface area contributed by atoms with Crippen LogP contribution in [0.1, 0.15) is 10.4 Å². The summed E-state index contributed by atoms with van der Waals surface area (Å²) in [6, 6.07) is 8.64. The fourth-order valence-corrected chi connectivity index (χ4v) is 2.52. The first-order valence-corrected chi connectivity index (χ1v) is 7.38. The van der Waals surface area contributed by atoms with Crippen LogP contribution in [0.15, 0.2) is 35.7 Å². The molecule has 0 bridgehead atoms. The maximum atomic E-state index is 11.9. The number of hydrogen-bond donors (Lipinski definition) is 2. The first kappa shape index (κ1) is 15.8. The summed E-state index contributed by atoms with van der Waals surface area (Å²) in [6.07, 6.45) is 0. The molecule has 0 aliphatic heterocycles. The van der Waals surface area contributed by atoms with Gasteiger partial charge in [0.25, 0.3) is 11.8 Å². The molecular formula is C15H16N2O4S. The van der Waals surface area contributed by atoms with Crippen molar-refractivity contribution in [2.24, 2.45) is 0 Å². The molecule has 2 amide bonds. The summed E-state index contributed by atoms with van der Waals surface area (Å²) >= 11 is 1.28. The van der Waals surface area contributed by atoms with Crippen LogP contribution >= 0.6 is 11.3 Å². The predicted molar refractivity (Wildman–Crippen MR) is 84.8 cm³/mol. The quantitative estimate of drug-likeness (QED) is 0.855. The van der Waals surface area contributed by atoms with Crippen LogP contribution < -0.4 is 20.1 Å². The van der Waals surface area contributed by atoms with Gasteiger partial charge in [0.15, 0.2) is 6.61 Å². The Balaban J connectivity index is 1.93. The van der Waals surface area contributed by atoms with Gasteiger partial charge in [-0.15, -0.1) is 11.3 Å². The fraction of sp³-hybridized carbons (Fsp3) is 0.200. The lowest BCUT2D eigenvalue weighted by Gasteiger charge is -2.08. The van der Waals surface area contributed by atoms with Crippen molar-refractivity contribution in [2.45, 2.75) is 0 Å². The van der Waals surface area contributed by atoms with E-state index in [1.165, 1.54) is 18.4 Å². The monoisotopic (exact) mass is 320 g/mol. The number of benzene rings is 1. The molecule has 0 unspecified atom stereocenters. The third-order valence-electron chi connectivity index (χ3n) is 2.80. The molecule has 2 aromatic rings. The molecule has 0 fully saturated rings. The average molecular weight is 320 g/mol. The zero-order valence-corrected chi connectivity index (χ0v) is 13.0. The van der Waals surface area contributed by atoms with Crippen LogP contribution in [-0.4, -0.2) is 32.6 Å². The summed E-state index contributed by atoms with van der Waals surface area (Å²) in [5.41, 5.74) is 0.433. The number of ether oxygens (including phenoxy) is 2.